The van der Waals surface area contributed by atoms with Crippen LogP contribution in [0.2, 0.25) is 0 Å². The van der Waals surface area contributed by atoms with Gasteiger partial charge in [0, 0.05) is 0 Å². The second-order valence-corrected chi connectivity index (χ2v) is 3.59. The van der Waals surface area contributed by atoms with E-state index in [0.717, 1.165) is 12.1 Å². The molecule has 1 aromatic rings. The number of carbonyl (C=O) groups is 2. The SMILES string of the molecule is C=CCC(NC(=O)c1cc(O)ccc1O)C(=O)O. The van der Waals surface area contributed by atoms with Crippen LogP contribution in [-0.2, 0) is 4.79 Å². The number of nitrogens with one attached hydrogen (secondary N) is 1. The zero-order chi connectivity index (χ0) is 13.7. The summed E-state index contributed by atoms with van der Waals surface area (Å²) < 4.78 is 0. The van der Waals surface area contributed by atoms with Crippen molar-refractivity contribution in [2.45, 2.75) is 12.5 Å². The summed E-state index contributed by atoms with van der Waals surface area (Å²) in [5, 5.41) is 29.7. The van der Waals surface area contributed by atoms with Crippen molar-refractivity contribution in [2.75, 3.05) is 0 Å². The number of carboxylic acid groups (broad SMARTS) is 1. The fourth-order valence-electron chi connectivity index (χ4n) is 1.33. The predicted octanol–water partition coefficient (Wildman–Crippen LogP) is 0.857. The Morgan fingerprint density at radius 1 is 1.39 bits per heavy atom. The third kappa shape index (κ3) is 3.24. The number of benzene rings is 1. The molecule has 18 heavy (non-hydrogen) atoms. The maximum Gasteiger partial charge on any atom is 0.326 e. The number of carbonyl (C=O) groups excluding carboxylic acids is 1. The Labute approximate surface area is 103 Å². The summed E-state index contributed by atoms with van der Waals surface area (Å²) >= 11 is 0. The first-order chi connectivity index (χ1) is 8.45. The number of hydrogen-bond acceptors (Lipinski definition) is 4. The zero-order valence-electron chi connectivity index (χ0n) is 9.46. The van der Waals surface area contributed by atoms with Crippen LogP contribution >= 0.6 is 0 Å². The highest BCUT2D eigenvalue weighted by atomic mass is 16.4. The summed E-state index contributed by atoms with van der Waals surface area (Å²) in [5.74, 6) is -2.53. The summed E-state index contributed by atoms with van der Waals surface area (Å²) in [5.41, 5.74) is -0.190. The van der Waals surface area contributed by atoms with Crippen LogP contribution in [0.4, 0.5) is 0 Å². The minimum atomic E-state index is -1.21. The quantitative estimate of drug-likeness (QED) is 0.458. The third-order valence-electron chi connectivity index (χ3n) is 2.23. The Kier molecular flexibility index (Phi) is 4.31. The fraction of sp³-hybridized carbons (Fsp3) is 0.167. The lowest BCUT2D eigenvalue weighted by molar-refractivity contribution is -0.139. The van der Waals surface area contributed by atoms with E-state index in [9.17, 15) is 19.8 Å². The van der Waals surface area contributed by atoms with Gasteiger partial charge in [0.05, 0.1) is 5.56 Å². The maximum absolute atomic E-state index is 11.7. The van der Waals surface area contributed by atoms with Gasteiger partial charge in [0.15, 0.2) is 0 Å². The molecule has 0 saturated heterocycles. The van der Waals surface area contributed by atoms with Gasteiger partial charge in [-0.15, -0.1) is 6.58 Å². The molecule has 1 aromatic carbocycles. The average Bonchev–Trinajstić information content (AvgIpc) is 2.31. The van der Waals surface area contributed by atoms with Crippen LogP contribution in [0.15, 0.2) is 30.9 Å². The monoisotopic (exact) mass is 251 g/mol. The van der Waals surface area contributed by atoms with Gasteiger partial charge < -0.3 is 20.6 Å². The van der Waals surface area contributed by atoms with Gasteiger partial charge >= 0.3 is 5.97 Å². The van der Waals surface area contributed by atoms with Gasteiger partial charge in [0.25, 0.3) is 5.91 Å². The molecule has 6 heteroatoms. The number of hydrogen-bond donors (Lipinski definition) is 4. The molecule has 1 amide bonds. The first kappa shape index (κ1) is 13.6. The number of carboxylic acids is 1. The van der Waals surface area contributed by atoms with Crippen molar-refractivity contribution in [3.05, 3.63) is 36.4 Å². The number of phenolic OH excluding ortho intramolecular Hbond substituents is 2. The van der Waals surface area contributed by atoms with Crippen LogP contribution in [-0.4, -0.2) is 33.2 Å². The Balaban J connectivity index is 2.89. The molecule has 0 aliphatic rings. The lowest BCUT2D eigenvalue weighted by Gasteiger charge is -2.13. The van der Waals surface area contributed by atoms with Crippen molar-refractivity contribution in [1.29, 1.82) is 0 Å². The van der Waals surface area contributed by atoms with Crippen molar-refractivity contribution in [1.82, 2.24) is 5.32 Å². The molecule has 1 rings (SSSR count). The van der Waals surface area contributed by atoms with Crippen LogP contribution in [0, 0.1) is 0 Å². The summed E-state index contributed by atoms with van der Waals surface area (Å²) in [7, 11) is 0. The van der Waals surface area contributed by atoms with Gasteiger partial charge in [0.2, 0.25) is 0 Å². The highest BCUT2D eigenvalue weighted by molar-refractivity contribution is 5.99. The van der Waals surface area contributed by atoms with Gasteiger partial charge in [-0.25, -0.2) is 4.79 Å². The van der Waals surface area contributed by atoms with Crippen LogP contribution in [0.5, 0.6) is 11.5 Å². The number of aliphatic carboxylic acids is 1. The third-order valence-corrected chi connectivity index (χ3v) is 2.23. The van der Waals surface area contributed by atoms with Gasteiger partial charge in [-0.2, -0.15) is 0 Å². The fourth-order valence-corrected chi connectivity index (χ4v) is 1.33. The molecule has 6 nitrogen and oxygen atoms in total. The molecule has 0 aliphatic heterocycles. The summed E-state index contributed by atoms with van der Waals surface area (Å²) in [4.78, 5) is 22.6. The Bertz CT molecular complexity index is 483. The van der Waals surface area contributed by atoms with Crippen molar-refractivity contribution in [3.63, 3.8) is 0 Å². The van der Waals surface area contributed by atoms with E-state index in [-0.39, 0.29) is 23.5 Å². The standard InChI is InChI=1S/C12H13NO5/c1-2-3-9(12(17)18)13-11(16)8-6-7(14)4-5-10(8)15/h2,4-6,9,14-15H,1,3H2,(H,13,16)(H,17,18). The van der Waals surface area contributed by atoms with Crippen LogP contribution < -0.4 is 5.32 Å². The van der Waals surface area contributed by atoms with Gasteiger partial charge in [0.1, 0.15) is 17.5 Å². The van der Waals surface area contributed by atoms with E-state index in [0.29, 0.717) is 0 Å². The van der Waals surface area contributed by atoms with E-state index in [4.69, 9.17) is 5.11 Å². The highest BCUT2D eigenvalue weighted by Crippen LogP contribution is 2.21. The van der Waals surface area contributed by atoms with E-state index < -0.39 is 17.9 Å². The predicted molar refractivity (Wildman–Crippen MR) is 63.5 cm³/mol. The molecule has 0 fully saturated rings. The Morgan fingerprint density at radius 2 is 2.06 bits per heavy atom. The minimum Gasteiger partial charge on any atom is -0.508 e. The van der Waals surface area contributed by atoms with E-state index >= 15 is 0 Å². The van der Waals surface area contributed by atoms with Gasteiger partial charge in [-0.1, -0.05) is 6.08 Å². The highest BCUT2D eigenvalue weighted by Gasteiger charge is 2.21. The maximum atomic E-state index is 11.7. The Morgan fingerprint density at radius 3 is 2.61 bits per heavy atom. The van der Waals surface area contributed by atoms with E-state index in [1.165, 1.54) is 12.1 Å². The number of phenols is 2. The molecule has 0 saturated carbocycles. The lowest BCUT2D eigenvalue weighted by Crippen LogP contribution is -2.40. The molecule has 0 bridgehead atoms. The molecular formula is C12H13NO5. The second kappa shape index (κ2) is 5.72. The summed E-state index contributed by atoms with van der Waals surface area (Å²) in [6, 6.07) is 2.28. The van der Waals surface area contributed by atoms with Crippen LogP contribution in [0.1, 0.15) is 16.8 Å². The van der Waals surface area contributed by atoms with Crippen molar-refractivity contribution < 1.29 is 24.9 Å². The smallest absolute Gasteiger partial charge is 0.326 e. The molecule has 1 unspecified atom stereocenters. The molecule has 1 atom stereocenters. The molecule has 0 aromatic heterocycles. The van der Waals surface area contributed by atoms with Crippen molar-refractivity contribution in [2.24, 2.45) is 0 Å². The van der Waals surface area contributed by atoms with E-state index in [1.807, 2.05) is 0 Å². The molecule has 0 spiro atoms. The van der Waals surface area contributed by atoms with Gasteiger partial charge in [-0.05, 0) is 24.6 Å². The molecule has 4 N–H and O–H groups in total. The number of aromatic hydroxyl groups is 2. The second-order valence-electron chi connectivity index (χ2n) is 3.59. The molecule has 0 radical (unpaired) electrons. The first-order valence-electron chi connectivity index (χ1n) is 5.12. The van der Waals surface area contributed by atoms with Crippen molar-refractivity contribution in [3.8, 4) is 11.5 Å². The summed E-state index contributed by atoms with van der Waals surface area (Å²) in [6.07, 6.45) is 1.42. The van der Waals surface area contributed by atoms with Crippen molar-refractivity contribution >= 4 is 11.9 Å². The summed E-state index contributed by atoms with van der Waals surface area (Å²) in [6.45, 7) is 3.39. The minimum absolute atomic E-state index is 0.0562. The Hall–Kier alpha value is -2.50. The van der Waals surface area contributed by atoms with Crippen LogP contribution in [0.3, 0.4) is 0 Å². The molecule has 0 heterocycles. The first-order valence-corrected chi connectivity index (χ1v) is 5.12. The van der Waals surface area contributed by atoms with E-state index in [2.05, 4.69) is 11.9 Å². The van der Waals surface area contributed by atoms with E-state index in [1.54, 1.807) is 0 Å². The van der Waals surface area contributed by atoms with Gasteiger partial charge in [-0.3, -0.25) is 4.79 Å². The average molecular weight is 251 g/mol. The zero-order valence-corrected chi connectivity index (χ0v) is 9.46. The molecule has 0 aliphatic carbocycles. The number of amides is 1. The molecular weight excluding hydrogens is 238 g/mol. The normalized spacial score (nSPS) is 11.6. The molecule has 96 valence electrons. The largest absolute Gasteiger partial charge is 0.508 e. The van der Waals surface area contributed by atoms with Crippen LogP contribution in [0.25, 0.3) is 0 Å². The number of rotatable bonds is 5. The lowest BCUT2D eigenvalue weighted by atomic mass is 10.1. The topological polar surface area (TPSA) is 107 Å².